The number of rotatable bonds is 4. The van der Waals surface area contributed by atoms with Gasteiger partial charge in [0, 0.05) is 5.56 Å². The number of nitrogens with zero attached hydrogens (tertiary/aromatic N) is 2. The molecule has 1 heterocycles. The molecule has 2 aromatic rings. The first-order chi connectivity index (χ1) is 8.16. The molecule has 0 spiro atoms. The van der Waals surface area contributed by atoms with Crippen molar-refractivity contribution in [3.05, 3.63) is 41.2 Å². The lowest BCUT2D eigenvalue weighted by molar-refractivity contribution is 0.102. The van der Waals surface area contributed by atoms with Gasteiger partial charge in [-0.1, -0.05) is 29.5 Å². The molecule has 88 valence electrons. The highest BCUT2D eigenvalue weighted by molar-refractivity contribution is 8.01. The van der Waals surface area contributed by atoms with Crippen LogP contribution in [0.1, 0.15) is 21.5 Å². The van der Waals surface area contributed by atoms with Gasteiger partial charge in [0.1, 0.15) is 6.33 Å². The van der Waals surface area contributed by atoms with Crippen LogP contribution in [0.4, 0.5) is 0 Å². The first-order valence-electron chi connectivity index (χ1n) is 5.17. The van der Waals surface area contributed by atoms with E-state index in [1.54, 1.807) is 0 Å². The molecular weight excluding hydrogens is 252 g/mol. The lowest BCUT2D eigenvalue weighted by atomic mass is 10.0. The van der Waals surface area contributed by atoms with Gasteiger partial charge in [-0.05, 0) is 37.0 Å². The van der Waals surface area contributed by atoms with Crippen molar-refractivity contribution in [1.29, 1.82) is 0 Å². The molecule has 1 aromatic heterocycles. The maximum Gasteiger partial charge on any atom is 0.173 e. The van der Waals surface area contributed by atoms with Crippen molar-refractivity contribution in [2.24, 2.45) is 0 Å². The summed E-state index contributed by atoms with van der Waals surface area (Å²) in [5.41, 5.74) is 2.94. The van der Waals surface area contributed by atoms with Gasteiger partial charge in [0.15, 0.2) is 10.1 Å². The van der Waals surface area contributed by atoms with Crippen LogP contribution in [-0.2, 0) is 0 Å². The van der Waals surface area contributed by atoms with Gasteiger partial charge >= 0.3 is 0 Å². The summed E-state index contributed by atoms with van der Waals surface area (Å²) in [5.74, 6) is 0.561. The minimum Gasteiger partial charge on any atom is -0.293 e. The predicted molar refractivity (Wildman–Crippen MR) is 70.9 cm³/mol. The monoisotopic (exact) mass is 264 g/mol. The second-order valence-corrected chi connectivity index (χ2v) is 5.74. The zero-order valence-corrected chi connectivity index (χ0v) is 11.3. The molecule has 0 amide bonds. The highest BCUT2D eigenvalue weighted by Crippen LogP contribution is 2.21. The number of ketones is 1. The number of aromatic nitrogens is 2. The van der Waals surface area contributed by atoms with E-state index in [1.807, 2.05) is 32.0 Å². The van der Waals surface area contributed by atoms with E-state index < -0.39 is 0 Å². The number of aryl methyl sites for hydroxylation is 2. The summed E-state index contributed by atoms with van der Waals surface area (Å²) < 4.78 is 4.74. The first kappa shape index (κ1) is 12.3. The summed E-state index contributed by atoms with van der Waals surface area (Å²) in [4.78, 5) is 16.1. The molecule has 17 heavy (non-hydrogen) atoms. The molecule has 1 aromatic carbocycles. The number of Topliss-reactive ketones (excluding diaryl/α,β-unsaturated/α-hetero) is 1. The number of hydrogen-bond acceptors (Lipinski definition) is 5. The molecule has 5 heteroatoms. The van der Waals surface area contributed by atoms with E-state index in [1.165, 1.54) is 29.6 Å². The van der Waals surface area contributed by atoms with Gasteiger partial charge in [0.2, 0.25) is 0 Å². The van der Waals surface area contributed by atoms with Crippen LogP contribution in [0.2, 0.25) is 0 Å². The lowest BCUT2D eigenvalue weighted by Crippen LogP contribution is -2.05. The van der Waals surface area contributed by atoms with Crippen molar-refractivity contribution >= 4 is 29.1 Å². The maximum atomic E-state index is 12.0. The summed E-state index contributed by atoms with van der Waals surface area (Å²) in [5, 5.41) is 0. The molecule has 0 unspecified atom stereocenters. The number of hydrogen-bond donors (Lipinski definition) is 0. The molecule has 0 bridgehead atoms. The molecule has 0 aliphatic carbocycles. The normalized spacial score (nSPS) is 10.5. The summed E-state index contributed by atoms with van der Waals surface area (Å²) >= 11 is 2.76. The standard InChI is InChI=1S/C12H12N2OS2/c1-8-3-4-9(2)10(5-8)11(15)6-16-12-13-7-14-17-12/h3-5,7H,6H2,1-2H3. The Morgan fingerprint density at radius 1 is 1.41 bits per heavy atom. The maximum absolute atomic E-state index is 12.0. The van der Waals surface area contributed by atoms with Crippen LogP contribution in [0.15, 0.2) is 28.9 Å². The summed E-state index contributed by atoms with van der Waals surface area (Å²) in [6, 6.07) is 5.94. The van der Waals surface area contributed by atoms with Crippen LogP contribution >= 0.6 is 23.3 Å². The van der Waals surface area contributed by atoms with Gasteiger partial charge < -0.3 is 0 Å². The van der Waals surface area contributed by atoms with Crippen molar-refractivity contribution in [2.45, 2.75) is 18.2 Å². The van der Waals surface area contributed by atoms with Gasteiger partial charge in [0.05, 0.1) is 5.75 Å². The second-order valence-electron chi connectivity index (χ2n) is 3.74. The van der Waals surface area contributed by atoms with E-state index >= 15 is 0 Å². The molecule has 0 aliphatic heterocycles. The van der Waals surface area contributed by atoms with E-state index in [4.69, 9.17) is 0 Å². The van der Waals surface area contributed by atoms with Crippen molar-refractivity contribution in [1.82, 2.24) is 9.36 Å². The minimum atomic E-state index is 0.145. The van der Waals surface area contributed by atoms with Gasteiger partial charge in [-0.25, -0.2) is 4.98 Å². The van der Waals surface area contributed by atoms with E-state index in [-0.39, 0.29) is 5.78 Å². The van der Waals surface area contributed by atoms with E-state index in [0.717, 1.165) is 21.0 Å². The van der Waals surface area contributed by atoms with Gasteiger partial charge in [0.25, 0.3) is 0 Å². The fourth-order valence-corrected chi connectivity index (χ4v) is 2.80. The molecule has 0 aliphatic rings. The van der Waals surface area contributed by atoms with Gasteiger partial charge in [-0.2, -0.15) is 4.37 Å². The Kier molecular flexibility index (Phi) is 3.91. The quantitative estimate of drug-likeness (QED) is 0.628. The van der Waals surface area contributed by atoms with Crippen LogP contribution in [0, 0.1) is 13.8 Å². The molecule has 0 atom stereocenters. The van der Waals surface area contributed by atoms with Crippen LogP contribution in [-0.4, -0.2) is 20.9 Å². The Bertz CT molecular complexity index is 523. The Morgan fingerprint density at radius 3 is 2.94 bits per heavy atom. The third-order valence-corrected chi connectivity index (χ3v) is 4.16. The molecule has 0 radical (unpaired) electrons. The van der Waals surface area contributed by atoms with Crippen LogP contribution in [0.5, 0.6) is 0 Å². The van der Waals surface area contributed by atoms with Crippen molar-refractivity contribution in [3.8, 4) is 0 Å². The van der Waals surface area contributed by atoms with Crippen molar-refractivity contribution in [2.75, 3.05) is 5.75 Å². The Balaban J connectivity index is 2.07. The number of carbonyl (C=O) groups excluding carboxylic acids is 1. The molecule has 3 nitrogen and oxygen atoms in total. The predicted octanol–water partition coefficient (Wildman–Crippen LogP) is 3.13. The SMILES string of the molecule is Cc1ccc(C)c(C(=O)CSc2ncns2)c1. The third-order valence-electron chi connectivity index (χ3n) is 2.36. The largest absolute Gasteiger partial charge is 0.293 e. The van der Waals surface area contributed by atoms with Crippen LogP contribution in [0.25, 0.3) is 0 Å². The minimum absolute atomic E-state index is 0.145. The highest BCUT2D eigenvalue weighted by atomic mass is 32.2. The van der Waals surface area contributed by atoms with E-state index in [0.29, 0.717) is 5.75 Å². The first-order valence-corrected chi connectivity index (χ1v) is 6.92. The lowest BCUT2D eigenvalue weighted by Gasteiger charge is -2.05. The van der Waals surface area contributed by atoms with Crippen molar-refractivity contribution in [3.63, 3.8) is 0 Å². The zero-order chi connectivity index (χ0) is 12.3. The van der Waals surface area contributed by atoms with Gasteiger partial charge in [-0.15, -0.1) is 0 Å². The molecule has 2 rings (SSSR count). The smallest absolute Gasteiger partial charge is 0.173 e. The third kappa shape index (κ3) is 3.14. The zero-order valence-electron chi connectivity index (χ0n) is 9.64. The highest BCUT2D eigenvalue weighted by Gasteiger charge is 2.10. The molecule has 0 N–H and O–H groups in total. The Labute approximate surface area is 108 Å². The van der Waals surface area contributed by atoms with E-state index in [2.05, 4.69) is 9.36 Å². The average Bonchev–Trinajstić information content (AvgIpc) is 2.82. The molecule has 0 saturated carbocycles. The van der Waals surface area contributed by atoms with Gasteiger partial charge in [-0.3, -0.25) is 4.79 Å². The summed E-state index contributed by atoms with van der Waals surface area (Å²) in [6.07, 6.45) is 1.51. The number of carbonyl (C=O) groups is 1. The molecule has 0 saturated heterocycles. The second kappa shape index (κ2) is 5.42. The number of thioether (sulfide) groups is 1. The van der Waals surface area contributed by atoms with Crippen molar-refractivity contribution < 1.29 is 4.79 Å². The van der Waals surface area contributed by atoms with Crippen LogP contribution in [0.3, 0.4) is 0 Å². The number of benzene rings is 1. The molecular formula is C12H12N2OS2. The fraction of sp³-hybridized carbons (Fsp3) is 0.250. The molecule has 0 fully saturated rings. The Hall–Kier alpha value is -1.20. The summed E-state index contributed by atoms with van der Waals surface area (Å²) in [7, 11) is 0. The van der Waals surface area contributed by atoms with E-state index in [9.17, 15) is 4.79 Å². The fourth-order valence-electron chi connectivity index (χ4n) is 1.47. The topological polar surface area (TPSA) is 42.9 Å². The van der Waals surface area contributed by atoms with Crippen LogP contribution < -0.4 is 0 Å². The summed E-state index contributed by atoms with van der Waals surface area (Å²) in [6.45, 7) is 3.95. The Morgan fingerprint density at radius 2 is 2.24 bits per heavy atom. The average molecular weight is 264 g/mol.